The van der Waals surface area contributed by atoms with E-state index in [2.05, 4.69) is 20.4 Å². The highest BCUT2D eigenvalue weighted by molar-refractivity contribution is 14.0. The molecule has 0 amide bonds. The minimum absolute atomic E-state index is 0. The summed E-state index contributed by atoms with van der Waals surface area (Å²) in [5, 5.41) is 6.19. The van der Waals surface area contributed by atoms with Crippen molar-refractivity contribution < 1.29 is 17.7 Å². The molecule has 0 spiro atoms. The molecule has 1 unspecified atom stereocenters. The smallest absolute Gasteiger partial charge is 0.387 e. The Kier molecular flexibility index (Phi) is 12.0. The van der Waals surface area contributed by atoms with E-state index in [1.54, 1.807) is 18.2 Å². The van der Waals surface area contributed by atoms with E-state index in [0.29, 0.717) is 30.4 Å². The highest BCUT2D eigenvalue weighted by Gasteiger charge is 2.18. The molecule has 0 saturated heterocycles. The molecule has 0 radical (unpaired) electrons. The number of nitrogens with one attached hydrogen (secondary N) is 2. The fourth-order valence-corrected chi connectivity index (χ4v) is 2.82. The lowest BCUT2D eigenvalue weighted by atomic mass is 10.2. The topological polar surface area (TPSA) is 62.7 Å². The normalized spacial score (nSPS) is 13.1. The quantitative estimate of drug-likeness (QED) is 0.324. The molecule has 0 heterocycles. The van der Waals surface area contributed by atoms with Crippen LogP contribution in [0.1, 0.15) is 33.3 Å². The fraction of sp³-hybridized carbons (Fsp3) is 0.588. The number of halogens is 3. The van der Waals surface area contributed by atoms with Crippen molar-refractivity contribution in [2.45, 2.75) is 45.6 Å². The summed E-state index contributed by atoms with van der Waals surface area (Å²) in [5.74, 6) is 1.16. The number of guanidine groups is 1. The van der Waals surface area contributed by atoms with E-state index in [9.17, 15) is 13.0 Å². The second kappa shape index (κ2) is 12.4. The van der Waals surface area contributed by atoms with Gasteiger partial charge in [0, 0.05) is 40.0 Å². The molecule has 5 nitrogen and oxygen atoms in total. The van der Waals surface area contributed by atoms with Crippen LogP contribution in [0.15, 0.2) is 29.3 Å². The Bertz CT molecular complexity index is 596. The first-order chi connectivity index (χ1) is 11.7. The van der Waals surface area contributed by atoms with Gasteiger partial charge in [-0.25, -0.2) is 4.99 Å². The van der Waals surface area contributed by atoms with Crippen molar-refractivity contribution in [1.82, 2.24) is 10.6 Å². The maximum Gasteiger partial charge on any atom is 0.387 e. The molecule has 1 rings (SSSR count). The molecular formula is C17H28F2IN3O2S. The van der Waals surface area contributed by atoms with Crippen molar-refractivity contribution in [3.8, 4) is 5.75 Å². The van der Waals surface area contributed by atoms with Gasteiger partial charge in [0.25, 0.3) is 0 Å². The average molecular weight is 503 g/mol. The minimum Gasteiger partial charge on any atom is -0.434 e. The standard InChI is InChI=1S/C17H27F2N3O2S.HI/c1-5-20-16(21-10-11-25(23)17(2,3)4)22-12-13-8-6-7-9-14(13)24-15(18)19;/h6-9,15H,5,10-12H2,1-4H3,(H2,20,21,22);1H. The third kappa shape index (κ3) is 9.65. The molecule has 0 bridgehead atoms. The molecular weight excluding hydrogens is 475 g/mol. The SMILES string of the molecule is CCNC(=NCc1ccccc1OC(F)F)NCCS(=O)C(C)(C)C.I. The maximum atomic E-state index is 12.4. The molecule has 2 N–H and O–H groups in total. The lowest BCUT2D eigenvalue weighted by Crippen LogP contribution is -2.40. The molecule has 0 aliphatic heterocycles. The van der Waals surface area contributed by atoms with Gasteiger partial charge in [-0.2, -0.15) is 8.78 Å². The van der Waals surface area contributed by atoms with Crippen molar-refractivity contribution in [3.63, 3.8) is 0 Å². The second-order valence-electron chi connectivity index (χ2n) is 6.27. The minimum atomic E-state index is -2.87. The zero-order valence-corrected chi connectivity index (χ0v) is 18.7. The molecule has 1 aromatic rings. The summed E-state index contributed by atoms with van der Waals surface area (Å²) in [4.78, 5) is 4.38. The molecule has 150 valence electrons. The zero-order valence-electron chi connectivity index (χ0n) is 15.6. The average Bonchev–Trinajstić information content (AvgIpc) is 2.52. The third-order valence-electron chi connectivity index (χ3n) is 3.20. The van der Waals surface area contributed by atoms with Gasteiger partial charge in [0.05, 0.1) is 6.54 Å². The Labute approximate surface area is 173 Å². The molecule has 0 fully saturated rings. The Hall–Kier alpha value is -0.970. The summed E-state index contributed by atoms with van der Waals surface area (Å²) >= 11 is 0. The number of para-hydroxylation sites is 1. The van der Waals surface area contributed by atoms with Gasteiger partial charge in [-0.3, -0.25) is 4.21 Å². The summed E-state index contributed by atoms with van der Waals surface area (Å²) in [5.41, 5.74) is 0.568. The van der Waals surface area contributed by atoms with Crippen LogP contribution >= 0.6 is 24.0 Å². The molecule has 0 aliphatic carbocycles. The summed E-state index contributed by atoms with van der Waals surface area (Å²) in [7, 11) is -0.957. The van der Waals surface area contributed by atoms with E-state index in [1.165, 1.54) is 6.07 Å². The molecule has 0 saturated carbocycles. The summed E-state index contributed by atoms with van der Waals surface area (Å²) in [6, 6.07) is 6.56. The summed E-state index contributed by atoms with van der Waals surface area (Å²) < 4.78 is 41.2. The lowest BCUT2D eigenvalue weighted by Gasteiger charge is -2.18. The van der Waals surface area contributed by atoms with E-state index in [1.807, 2.05) is 27.7 Å². The molecule has 0 aliphatic rings. The van der Waals surface area contributed by atoms with Crippen LogP contribution in [0.5, 0.6) is 5.75 Å². The van der Waals surface area contributed by atoms with Crippen LogP contribution in [0.4, 0.5) is 8.78 Å². The number of rotatable bonds is 8. The number of ether oxygens (including phenoxy) is 1. The van der Waals surface area contributed by atoms with E-state index < -0.39 is 17.4 Å². The lowest BCUT2D eigenvalue weighted by molar-refractivity contribution is -0.0504. The van der Waals surface area contributed by atoms with Gasteiger partial charge in [0.1, 0.15) is 5.75 Å². The van der Waals surface area contributed by atoms with Gasteiger partial charge in [0.15, 0.2) is 5.96 Å². The number of hydrogen-bond acceptors (Lipinski definition) is 3. The van der Waals surface area contributed by atoms with Gasteiger partial charge in [-0.05, 0) is 33.8 Å². The third-order valence-corrected chi connectivity index (χ3v) is 5.14. The molecule has 9 heteroatoms. The highest BCUT2D eigenvalue weighted by atomic mass is 127. The van der Waals surface area contributed by atoms with Crippen LogP contribution in [-0.2, 0) is 17.3 Å². The van der Waals surface area contributed by atoms with Gasteiger partial charge in [-0.1, -0.05) is 18.2 Å². The van der Waals surface area contributed by atoms with Crippen LogP contribution in [0.2, 0.25) is 0 Å². The first-order valence-electron chi connectivity index (χ1n) is 8.17. The van der Waals surface area contributed by atoms with Crippen LogP contribution in [0.3, 0.4) is 0 Å². The van der Waals surface area contributed by atoms with Crippen molar-refractivity contribution >= 4 is 40.7 Å². The monoisotopic (exact) mass is 503 g/mol. The van der Waals surface area contributed by atoms with E-state index in [0.717, 1.165) is 0 Å². The van der Waals surface area contributed by atoms with Crippen molar-refractivity contribution in [3.05, 3.63) is 29.8 Å². The number of alkyl halides is 2. The van der Waals surface area contributed by atoms with E-state index in [-0.39, 0.29) is 41.0 Å². The molecule has 0 aromatic heterocycles. The van der Waals surface area contributed by atoms with Gasteiger partial charge in [0.2, 0.25) is 0 Å². The first kappa shape index (κ1) is 25.0. The number of aliphatic imine (C=N–C) groups is 1. The second-order valence-corrected chi connectivity index (χ2v) is 8.59. The number of nitrogens with zero attached hydrogens (tertiary/aromatic N) is 1. The predicted octanol–water partition coefficient (Wildman–Crippen LogP) is 3.51. The maximum absolute atomic E-state index is 12.4. The fourth-order valence-electron chi connectivity index (χ4n) is 1.92. The van der Waals surface area contributed by atoms with Crippen LogP contribution in [0.25, 0.3) is 0 Å². The highest BCUT2D eigenvalue weighted by Crippen LogP contribution is 2.20. The summed E-state index contributed by atoms with van der Waals surface area (Å²) in [6.45, 7) is 6.21. The molecule has 1 atom stereocenters. The van der Waals surface area contributed by atoms with Gasteiger partial charge in [-0.15, -0.1) is 24.0 Å². The van der Waals surface area contributed by atoms with Gasteiger partial charge >= 0.3 is 6.61 Å². The molecule has 26 heavy (non-hydrogen) atoms. The Morgan fingerprint density at radius 2 is 1.92 bits per heavy atom. The predicted molar refractivity (Wildman–Crippen MR) is 114 cm³/mol. The number of hydrogen-bond donors (Lipinski definition) is 2. The van der Waals surface area contributed by atoms with Crippen LogP contribution < -0.4 is 15.4 Å². The van der Waals surface area contributed by atoms with Crippen LogP contribution in [0, 0.1) is 0 Å². The zero-order chi connectivity index (χ0) is 18.9. The van der Waals surface area contributed by atoms with Gasteiger partial charge < -0.3 is 15.4 Å². The summed E-state index contributed by atoms with van der Waals surface area (Å²) in [6.07, 6.45) is 0. The van der Waals surface area contributed by atoms with Crippen molar-refractivity contribution in [2.24, 2.45) is 4.99 Å². The Morgan fingerprint density at radius 1 is 1.27 bits per heavy atom. The van der Waals surface area contributed by atoms with Crippen molar-refractivity contribution in [1.29, 1.82) is 0 Å². The first-order valence-corrected chi connectivity index (χ1v) is 9.49. The Morgan fingerprint density at radius 3 is 2.50 bits per heavy atom. The van der Waals surface area contributed by atoms with E-state index in [4.69, 9.17) is 0 Å². The van der Waals surface area contributed by atoms with Crippen molar-refractivity contribution in [2.75, 3.05) is 18.8 Å². The Balaban J connectivity index is 0.00000625. The molecule has 1 aromatic carbocycles. The van der Waals surface area contributed by atoms with Crippen LogP contribution in [-0.4, -0.2) is 40.4 Å². The number of benzene rings is 1. The van der Waals surface area contributed by atoms with E-state index >= 15 is 0 Å². The largest absolute Gasteiger partial charge is 0.434 e.